The second-order valence-electron chi connectivity index (χ2n) is 5.46. The molecule has 1 fully saturated rings. The third-order valence-corrected chi connectivity index (χ3v) is 4.05. The molecule has 0 amide bonds. The first-order valence-electron chi connectivity index (χ1n) is 7.64. The van der Waals surface area contributed by atoms with Crippen LogP contribution in [0.5, 0.6) is 0 Å². The highest BCUT2D eigenvalue weighted by atomic mass is 16.3. The zero-order valence-electron chi connectivity index (χ0n) is 12.4. The minimum absolute atomic E-state index is 0.149. The Balaban J connectivity index is 1.96. The van der Waals surface area contributed by atoms with Gasteiger partial charge in [-0.1, -0.05) is 18.2 Å². The Morgan fingerprint density at radius 2 is 2.05 bits per heavy atom. The van der Waals surface area contributed by atoms with Crippen molar-refractivity contribution in [3.8, 4) is 11.8 Å². The fourth-order valence-electron chi connectivity index (χ4n) is 2.97. The lowest BCUT2D eigenvalue weighted by atomic mass is 9.99. The molecule has 1 N–H and O–H groups in total. The van der Waals surface area contributed by atoms with E-state index in [1.165, 1.54) is 4.80 Å². The third kappa shape index (κ3) is 2.81. The largest absolute Gasteiger partial charge is 0.396 e. The molecule has 0 bridgehead atoms. The topological polar surface area (TPSA) is 78.0 Å². The summed E-state index contributed by atoms with van der Waals surface area (Å²) in [4.78, 5) is 3.64. The first-order chi connectivity index (χ1) is 10.8. The number of aliphatic hydroxyl groups is 1. The summed E-state index contributed by atoms with van der Waals surface area (Å²) >= 11 is 0. The summed E-state index contributed by atoms with van der Waals surface area (Å²) in [5, 5.41) is 27.5. The van der Waals surface area contributed by atoms with Crippen molar-refractivity contribution < 1.29 is 5.11 Å². The molecule has 0 aliphatic carbocycles. The molecule has 6 heteroatoms. The summed E-state index contributed by atoms with van der Waals surface area (Å²) in [5.41, 5.74) is 1.18. The summed E-state index contributed by atoms with van der Waals surface area (Å²) in [6, 6.07) is 12.0. The molecule has 0 spiro atoms. The van der Waals surface area contributed by atoms with Crippen molar-refractivity contribution in [2.45, 2.75) is 31.7 Å². The van der Waals surface area contributed by atoms with Crippen molar-refractivity contribution in [3.05, 3.63) is 36.0 Å². The lowest BCUT2D eigenvalue weighted by molar-refractivity contribution is 0.262. The van der Waals surface area contributed by atoms with E-state index < -0.39 is 0 Å². The van der Waals surface area contributed by atoms with Gasteiger partial charge in [0.05, 0.1) is 5.69 Å². The zero-order valence-corrected chi connectivity index (χ0v) is 12.4. The second-order valence-corrected chi connectivity index (χ2v) is 5.46. The minimum atomic E-state index is 0.149. The number of piperidine rings is 1. The van der Waals surface area contributed by atoms with Crippen molar-refractivity contribution in [3.63, 3.8) is 0 Å². The zero-order chi connectivity index (χ0) is 15.4. The van der Waals surface area contributed by atoms with Crippen LogP contribution in [0.4, 0.5) is 5.82 Å². The molecule has 0 saturated carbocycles. The highest BCUT2D eigenvalue weighted by Crippen LogP contribution is 2.27. The number of hydrogen-bond acceptors (Lipinski definition) is 5. The summed E-state index contributed by atoms with van der Waals surface area (Å²) in [6.07, 6.45) is 3.94. The van der Waals surface area contributed by atoms with Gasteiger partial charge in [-0.25, -0.2) is 0 Å². The smallest absolute Gasteiger partial charge is 0.207 e. The van der Waals surface area contributed by atoms with Crippen LogP contribution < -0.4 is 4.90 Å². The lowest BCUT2D eigenvalue weighted by Crippen LogP contribution is -2.40. The predicted octanol–water partition coefficient (Wildman–Crippen LogP) is 1.88. The van der Waals surface area contributed by atoms with Crippen LogP contribution in [0.3, 0.4) is 0 Å². The van der Waals surface area contributed by atoms with E-state index in [1.54, 1.807) is 0 Å². The van der Waals surface area contributed by atoms with Gasteiger partial charge in [-0.15, -0.1) is 15.0 Å². The molecule has 1 atom stereocenters. The summed E-state index contributed by atoms with van der Waals surface area (Å²) < 4.78 is 0. The Hall–Kier alpha value is -2.39. The molecule has 2 aromatic rings. The van der Waals surface area contributed by atoms with Gasteiger partial charge in [-0.2, -0.15) is 5.26 Å². The fourth-order valence-corrected chi connectivity index (χ4v) is 2.97. The van der Waals surface area contributed by atoms with E-state index in [1.807, 2.05) is 30.3 Å². The number of nitrogens with zero attached hydrogens (tertiary/aromatic N) is 5. The average Bonchev–Trinajstić information content (AvgIpc) is 3.01. The van der Waals surface area contributed by atoms with Crippen LogP contribution in [0.15, 0.2) is 30.3 Å². The van der Waals surface area contributed by atoms with Gasteiger partial charge in [0.2, 0.25) is 5.69 Å². The molecular weight excluding hydrogens is 278 g/mol. The maximum atomic E-state index is 9.38. The molecule has 1 unspecified atom stereocenters. The van der Waals surface area contributed by atoms with E-state index in [9.17, 15) is 10.4 Å². The molecule has 0 radical (unpaired) electrons. The van der Waals surface area contributed by atoms with Crippen LogP contribution in [-0.2, 0) is 0 Å². The molecule has 2 heterocycles. The fraction of sp³-hybridized carbons (Fsp3) is 0.438. The predicted molar refractivity (Wildman–Crippen MR) is 82.8 cm³/mol. The number of anilines is 1. The molecule has 1 aromatic carbocycles. The van der Waals surface area contributed by atoms with E-state index in [0.29, 0.717) is 17.9 Å². The highest BCUT2D eigenvalue weighted by Gasteiger charge is 2.27. The quantitative estimate of drug-likeness (QED) is 0.932. The SMILES string of the molecule is N#Cc1nn(-c2ccccc2)nc1N1CCCCC1CCO. The Kier molecular flexibility index (Phi) is 4.35. The van der Waals surface area contributed by atoms with Gasteiger partial charge in [0.15, 0.2) is 5.82 Å². The average molecular weight is 297 g/mol. The summed E-state index contributed by atoms with van der Waals surface area (Å²) in [5.74, 6) is 0.629. The first-order valence-corrected chi connectivity index (χ1v) is 7.64. The standard InChI is InChI=1S/C16H19N5O/c17-12-15-16(20-10-5-4-6-13(20)9-11-22)19-21(18-15)14-7-2-1-3-8-14/h1-3,7-8,13,22H,4-6,9-11H2. The maximum Gasteiger partial charge on any atom is 0.207 e. The van der Waals surface area contributed by atoms with E-state index >= 15 is 0 Å². The first kappa shape index (κ1) is 14.5. The number of para-hydroxylation sites is 1. The highest BCUT2D eigenvalue weighted by molar-refractivity contribution is 5.51. The number of rotatable bonds is 4. The number of nitriles is 1. The second kappa shape index (κ2) is 6.58. The van der Waals surface area contributed by atoms with Crippen LogP contribution >= 0.6 is 0 Å². The third-order valence-electron chi connectivity index (χ3n) is 4.05. The normalized spacial score (nSPS) is 18.2. The molecule has 1 aliphatic rings. The molecule has 1 aliphatic heterocycles. The van der Waals surface area contributed by atoms with Gasteiger partial charge < -0.3 is 10.0 Å². The number of aromatic nitrogens is 3. The van der Waals surface area contributed by atoms with E-state index in [2.05, 4.69) is 21.2 Å². The Bertz CT molecular complexity index is 659. The van der Waals surface area contributed by atoms with E-state index in [4.69, 9.17) is 0 Å². The molecular formula is C16H19N5O. The molecule has 114 valence electrons. The molecule has 1 saturated heterocycles. The van der Waals surface area contributed by atoms with Gasteiger partial charge in [-0.3, -0.25) is 0 Å². The van der Waals surface area contributed by atoms with Gasteiger partial charge >= 0.3 is 0 Å². The van der Waals surface area contributed by atoms with Gasteiger partial charge in [0.25, 0.3) is 0 Å². The summed E-state index contributed by atoms with van der Waals surface area (Å²) in [6.45, 7) is 1.00. The van der Waals surface area contributed by atoms with Gasteiger partial charge in [-0.05, 0) is 37.8 Å². The van der Waals surface area contributed by atoms with Gasteiger partial charge in [0.1, 0.15) is 6.07 Å². The van der Waals surface area contributed by atoms with Crippen molar-refractivity contribution >= 4 is 5.82 Å². The van der Waals surface area contributed by atoms with Gasteiger partial charge in [0, 0.05) is 19.2 Å². The van der Waals surface area contributed by atoms with Crippen molar-refractivity contribution in [1.82, 2.24) is 15.0 Å². The van der Waals surface area contributed by atoms with Crippen LogP contribution in [0.25, 0.3) is 5.69 Å². The van der Waals surface area contributed by atoms with Crippen LogP contribution in [0, 0.1) is 11.3 Å². The Labute approximate surface area is 129 Å². The lowest BCUT2D eigenvalue weighted by Gasteiger charge is -2.35. The van der Waals surface area contributed by atoms with Crippen LogP contribution in [0.1, 0.15) is 31.4 Å². The van der Waals surface area contributed by atoms with E-state index in [0.717, 1.165) is 31.5 Å². The molecule has 6 nitrogen and oxygen atoms in total. The monoisotopic (exact) mass is 297 g/mol. The van der Waals surface area contributed by atoms with E-state index in [-0.39, 0.29) is 12.6 Å². The minimum Gasteiger partial charge on any atom is -0.396 e. The van der Waals surface area contributed by atoms with Crippen molar-refractivity contribution in [2.24, 2.45) is 0 Å². The maximum absolute atomic E-state index is 9.38. The number of aliphatic hydroxyl groups excluding tert-OH is 1. The number of benzene rings is 1. The Morgan fingerprint density at radius 3 is 2.77 bits per heavy atom. The molecule has 22 heavy (non-hydrogen) atoms. The molecule has 1 aromatic heterocycles. The van der Waals surface area contributed by atoms with Crippen LogP contribution in [0.2, 0.25) is 0 Å². The van der Waals surface area contributed by atoms with Crippen LogP contribution in [-0.4, -0.2) is 39.3 Å². The van der Waals surface area contributed by atoms with Crippen molar-refractivity contribution in [2.75, 3.05) is 18.1 Å². The Morgan fingerprint density at radius 1 is 1.23 bits per heavy atom. The number of hydrogen-bond donors (Lipinski definition) is 1. The van der Waals surface area contributed by atoms with Crippen molar-refractivity contribution in [1.29, 1.82) is 5.26 Å². The summed E-state index contributed by atoms with van der Waals surface area (Å²) in [7, 11) is 0. The molecule has 3 rings (SSSR count).